The molecular formula is C19H28N4. The maximum absolute atomic E-state index is 8.68. The van der Waals surface area contributed by atoms with Gasteiger partial charge < -0.3 is 21.4 Å². The van der Waals surface area contributed by atoms with Gasteiger partial charge in [0.25, 0.3) is 0 Å². The van der Waals surface area contributed by atoms with Gasteiger partial charge in [-0.05, 0) is 37.8 Å². The average molecular weight is 312 g/mol. The maximum Gasteiger partial charge on any atom is 0.0736 e. The third-order valence-corrected chi connectivity index (χ3v) is 5.66. The summed E-state index contributed by atoms with van der Waals surface area (Å²) in [5.74, 6) is 1.22. The second-order valence-electron chi connectivity index (χ2n) is 7.67. The molecule has 23 heavy (non-hydrogen) atoms. The van der Waals surface area contributed by atoms with E-state index in [9.17, 15) is 0 Å². The van der Waals surface area contributed by atoms with Gasteiger partial charge in [0, 0.05) is 36.5 Å². The van der Waals surface area contributed by atoms with Crippen molar-refractivity contribution in [2.75, 3.05) is 25.5 Å². The van der Waals surface area contributed by atoms with Crippen molar-refractivity contribution < 1.29 is 0 Å². The van der Waals surface area contributed by atoms with E-state index < -0.39 is 5.54 Å². The van der Waals surface area contributed by atoms with Crippen LogP contribution in [0, 0.1) is 22.7 Å². The fraction of sp³-hybridized carbons (Fsp3) is 0.526. The van der Waals surface area contributed by atoms with Crippen molar-refractivity contribution in [2.45, 2.75) is 26.3 Å². The van der Waals surface area contributed by atoms with E-state index in [0.717, 1.165) is 30.0 Å². The van der Waals surface area contributed by atoms with Gasteiger partial charge in [-0.1, -0.05) is 31.7 Å². The highest BCUT2D eigenvalue weighted by Gasteiger charge is 2.64. The number of anilines is 1. The van der Waals surface area contributed by atoms with Crippen LogP contribution in [0.5, 0.6) is 0 Å². The number of piperidine rings is 1. The van der Waals surface area contributed by atoms with Gasteiger partial charge >= 0.3 is 0 Å². The zero-order chi connectivity index (χ0) is 16.8. The predicted octanol–water partition coefficient (Wildman–Crippen LogP) is 2.83. The first-order valence-corrected chi connectivity index (χ1v) is 8.35. The molecule has 4 heteroatoms. The van der Waals surface area contributed by atoms with Crippen molar-refractivity contribution in [1.29, 1.82) is 5.41 Å². The number of benzene rings is 1. The van der Waals surface area contributed by atoms with Gasteiger partial charge in [-0.3, -0.25) is 0 Å². The Morgan fingerprint density at radius 2 is 2.09 bits per heavy atom. The SMILES string of the molecule is C=C(NC(C)(C)C(=N)c1ccccc1NC)C1C2CNCC21C. The number of allylic oxidation sites excluding steroid dienone is 1. The van der Waals surface area contributed by atoms with Crippen LogP contribution < -0.4 is 16.0 Å². The molecule has 0 radical (unpaired) electrons. The summed E-state index contributed by atoms with van der Waals surface area (Å²) in [6.07, 6.45) is 0. The number of para-hydroxylation sites is 1. The molecule has 1 aromatic rings. The highest BCUT2D eigenvalue weighted by Crippen LogP contribution is 2.63. The Morgan fingerprint density at radius 1 is 1.39 bits per heavy atom. The van der Waals surface area contributed by atoms with E-state index in [1.807, 2.05) is 31.3 Å². The van der Waals surface area contributed by atoms with Crippen LogP contribution in [0.4, 0.5) is 5.69 Å². The number of rotatable bonds is 6. The molecule has 0 amide bonds. The molecule has 1 heterocycles. The molecule has 2 aliphatic rings. The molecule has 3 rings (SSSR count). The topological polar surface area (TPSA) is 59.9 Å². The Kier molecular flexibility index (Phi) is 3.75. The fourth-order valence-corrected chi connectivity index (χ4v) is 4.19. The smallest absolute Gasteiger partial charge is 0.0736 e. The summed E-state index contributed by atoms with van der Waals surface area (Å²) >= 11 is 0. The normalized spacial score (nSPS) is 28.9. The Labute approximate surface area is 139 Å². The fourth-order valence-electron chi connectivity index (χ4n) is 4.19. The largest absolute Gasteiger partial charge is 0.388 e. The van der Waals surface area contributed by atoms with Crippen LogP contribution in [0.2, 0.25) is 0 Å². The van der Waals surface area contributed by atoms with Gasteiger partial charge in [-0.2, -0.15) is 0 Å². The first-order valence-electron chi connectivity index (χ1n) is 8.35. The molecule has 1 aromatic carbocycles. The van der Waals surface area contributed by atoms with Gasteiger partial charge in [0.05, 0.1) is 11.3 Å². The second-order valence-corrected chi connectivity index (χ2v) is 7.67. The Hall–Kier alpha value is -1.81. The van der Waals surface area contributed by atoms with Crippen molar-refractivity contribution in [3.05, 3.63) is 42.1 Å². The van der Waals surface area contributed by atoms with Crippen LogP contribution in [0.15, 0.2) is 36.5 Å². The summed E-state index contributed by atoms with van der Waals surface area (Å²) in [5.41, 5.74) is 3.48. The molecule has 3 unspecified atom stereocenters. The molecule has 0 spiro atoms. The first-order chi connectivity index (χ1) is 10.8. The monoisotopic (exact) mass is 312 g/mol. The van der Waals surface area contributed by atoms with E-state index in [2.05, 4.69) is 43.3 Å². The molecule has 0 bridgehead atoms. The number of hydrogen-bond acceptors (Lipinski definition) is 4. The Bertz CT molecular complexity index is 649. The molecule has 4 N–H and O–H groups in total. The summed E-state index contributed by atoms with van der Waals surface area (Å²) in [7, 11) is 1.89. The van der Waals surface area contributed by atoms with Gasteiger partial charge in [-0.25, -0.2) is 0 Å². The van der Waals surface area contributed by atoms with Gasteiger partial charge in [0.2, 0.25) is 0 Å². The third-order valence-electron chi connectivity index (χ3n) is 5.66. The van der Waals surface area contributed by atoms with E-state index in [-0.39, 0.29) is 0 Å². The molecule has 4 nitrogen and oxygen atoms in total. The molecular weight excluding hydrogens is 284 g/mol. The van der Waals surface area contributed by atoms with Crippen LogP contribution in [0.3, 0.4) is 0 Å². The Balaban J connectivity index is 1.74. The zero-order valence-corrected chi connectivity index (χ0v) is 14.6. The van der Waals surface area contributed by atoms with Crippen molar-refractivity contribution in [3.63, 3.8) is 0 Å². The second kappa shape index (κ2) is 5.38. The standard InChI is InChI=1S/C19H28N4/c1-12(16-14-10-22-11-19(14,16)4)23-18(2,3)17(20)13-8-6-7-9-15(13)21-5/h6-9,14,16,20-23H,1,10-11H2,2-5H3. The zero-order valence-electron chi connectivity index (χ0n) is 14.6. The van der Waals surface area contributed by atoms with E-state index in [1.54, 1.807) is 0 Å². The predicted molar refractivity (Wildman–Crippen MR) is 97.1 cm³/mol. The van der Waals surface area contributed by atoms with Crippen molar-refractivity contribution in [3.8, 4) is 0 Å². The van der Waals surface area contributed by atoms with Crippen molar-refractivity contribution >= 4 is 11.4 Å². The van der Waals surface area contributed by atoms with Crippen LogP contribution in [0.1, 0.15) is 26.3 Å². The third kappa shape index (κ3) is 2.55. The van der Waals surface area contributed by atoms with Gasteiger partial charge in [0.1, 0.15) is 0 Å². The molecule has 1 aliphatic carbocycles. The van der Waals surface area contributed by atoms with E-state index in [4.69, 9.17) is 5.41 Å². The van der Waals surface area contributed by atoms with E-state index >= 15 is 0 Å². The number of nitrogens with one attached hydrogen (secondary N) is 4. The van der Waals surface area contributed by atoms with Crippen molar-refractivity contribution in [1.82, 2.24) is 10.6 Å². The summed E-state index contributed by atoms with van der Waals surface area (Å²) in [4.78, 5) is 0. The quantitative estimate of drug-likeness (QED) is 0.611. The maximum atomic E-state index is 8.68. The highest BCUT2D eigenvalue weighted by molar-refractivity contribution is 6.08. The molecule has 3 atom stereocenters. The lowest BCUT2D eigenvalue weighted by Crippen LogP contribution is -2.47. The van der Waals surface area contributed by atoms with Crippen molar-refractivity contribution in [2.24, 2.45) is 17.3 Å². The summed E-state index contributed by atoms with van der Waals surface area (Å²) in [6.45, 7) is 12.9. The minimum Gasteiger partial charge on any atom is -0.388 e. The minimum absolute atomic E-state index is 0.352. The summed E-state index contributed by atoms with van der Waals surface area (Å²) in [5, 5.41) is 18.9. The molecule has 124 valence electrons. The van der Waals surface area contributed by atoms with Crippen LogP contribution in [0.25, 0.3) is 0 Å². The Morgan fingerprint density at radius 3 is 2.70 bits per heavy atom. The molecule has 1 aliphatic heterocycles. The van der Waals surface area contributed by atoms with E-state index in [1.165, 1.54) is 0 Å². The minimum atomic E-state index is -0.454. The van der Waals surface area contributed by atoms with E-state index in [0.29, 0.717) is 23.0 Å². The van der Waals surface area contributed by atoms with Crippen LogP contribution in [-0.2, 0) is 0 Å². The molecule has 2 fully saturated rings. The van der Waals surface area contributed by atoms with Gasteiger partial charge in [0.15, 0.2) is 0 Å². The molecule has 1 saturated carbocycles. The lowest BCUT2D eigenvalue weighted by Gasteiger charge is -2.31. The lowest BCUT2D eigenvalue weighted by molar-refractivity contribution is 0.476. The summed E-state index contributed by atoms with van der Waals surface area (Å²) in [6, 6.07) is 7.97. The molecule has 0 aromatic heterocycles. The first kappa shape index (κ1) is 16.1. The average Bonchev–Trinajstić information content (AvgIpc) is 2.92. The molecule has 1 saturated heterocycles. The lowest BCUT2D eigenvalue weighted by atomic mass is 9.90. The van der Waals surface area contributed by atoms with Crippen LogP contribution in [-0.4, -0.2) is 31.4 Å². The summed E-state index contributed by atoms with van der Waals surface area (Å²) < 4.78 is 0. The highest BCUT2D eigenvalue weighted by atomic mass is 15.1. The number of fused-ring (bicyclic) bond motifs is 1. The van der Waals surface area contributed by atoms with Crippen LogP contribution >= 0.6 is 0 Å². The number of hydrogen-bond donors (Lipinski definition) is 4. The van der Waals surface area contributed by atoms with Gasteiger partial charge in [-0.15, -0.1) is 0 Å².